The van der Waals surface area contributed by atoms with Crippen molar-refractivity contribution in [2.45, 2.75) is 20.4 Å². The van der Waals surface area contributed by atoms with Crippen LogP contribution >= 0.6 is 15.9 Å². The third-order valence-corrected chi connectivity index (χ3v) is 3.69. The molecule has 0 atom stereocenters. The van der Waals surface area contributed by atoms with E-state index in [1.807, 2.05) is 38.1 Å². The van der Waals surface area contributed by atoms with E-state index in [4.69, 9.17) is 0 Å². The Hall–Kier alpha value is -1.35. The fraction of sp³-hybridized carbons (Fsp3) is 0.267. The van der Waals surface area contributed by atoms with Gasteiger partial charge in [-0.2, -0.15) is 0 Å². The van der Waals surface area contributed by atoms with Crippen molar-refractivity contribution in [3.05, 3.63) is 58.9 Å². The predicted octanol–water partition coefficient (Wildman–Crippen LogP) is 3.73. The molecule has 2 aromatic rings. The van der Waals surface area contributed by atoms with Gasteiger partial charge in [-0.05, 0) is 25.5 Å². The average molecular weight is 306 g/mol. The van der Waals surface area contributed by atoms with Crippen LogP contribution < -0.4 is 0 Å². The van der Waals surface area contributed by atoms with E-state index in [1.165, 1.54) is 5.56 Å². The summed E-state index contributed by atoms with van der Waals surface area (Å²) >= 11 is 3.23. The highest BCUT2D eigenvalue weighted by Gasteiger charge is 2.14. The standard InChI is InChI=1S/C15H16BrNO/c1-11-8-14(15(18)9-16)12(2)17(11)10-13-6-4-3-5-7-13/h3-8H,9-10H2,1-2H3. The second kappa shape index (κ2) is 5.53. The molecular formula is C15H16BrNO. The molecule has 0 spiro atoms. The topological polar surface area (TPSA) is 22.0 Å². The van der Waals surface area contributed by atoms with E-state index in [2.05, 4.69) is 32.6 Å². The van der Waals surface area contributed by atoms with Crippen LogP contribution in [0.5, 0.6) is 0 Å². The first kappa shape index (κ1) is 13.1. The van der Waals surface area contributed by atoms with E-state index in [1.54, 1.807) is 0 Å². The Bertz CT molecular complexity index is 557. The van der Waals surface area contributed by atoms with Crippen LogP contribution in [0.4, 0.5) is 0 Å². The molecule has 0 N–H and O–H groups in total. The van der Waals surface area contributed by atoms with E-state index in [9.17, 15) is 4.79 Å². The lowest BCUT2D eigenvalue weighted by Crippen LogP contribution is -2.06. The summed E-state index contributed by atoms with van der Waals surface area (Å²) in [5.41, 5.74) is 4.24. The molecular weight excluding hydrogens is 290 g/mol. The van der Waals surface area contributed by atoms with Crippen LogP contribution in [0.3, 0.4) is 0 Å². The zero-order valence-electron chi connectivity index (χ0n) is 10.6. The van der Waals surface area contributed by atoms with Gasteiger partial charge >= 0.3 is 0 Å². The van der Waals surface area contributed by atoms with Crippen LogP contribution in [-0.2, 0) is 6.54 Å². The van der Waals surface area contributed by atoms with Crippen LogP contribution in [0.2, 0.25) is 0 Å². The first-order chi connectivity index (χ1) is 8.63. The highest BCUT2D eigenvalue weighted by atomic mass is 79.9. The summed E-state index contributed by atoms with van der Waals surface area (Å²) in [6.45, 7) is 4.86. The summed E-state index contributed by atoms with van der Waals surface area (Å²) < 4.78 is 2.19. The fourth-order valence-electron chi connectivity index (χ4n) is 2.16. The van der Waals surface area contributed by atoms with Crippen LogP contribution in [-0.4, -0.2) is 15.7 Å². The van der Waals surface area contributed by atoms with Crippen molar-refractivity contribution in [3.63, 3.8) is 0 Å². The first-order valence-corrected chi connectivity index (χ1v) is 7.05. The number of alkyl halides is 1. The van der Waals surface area contributed by atoms with Gasteiger partial charge in [-0.15, -0.1) is 0 Å². The summed E-state index contributed by atoms with van der Waals surface area (Å²) in [6.07, 6.45) is 0. The van der Waals surface area contributed by atoms with Crippen LogP contribution in [0, 0.1) is 13.8 Å². The lowest BCUT2D eigenvalue weighted by Gasteiger charge is -2.09. The number of ketones is 1. The number of hydrogen-bond acceptors (Lipinski definition) is 1. The van der Waals surface area contributed by atoms with Crippen molar-refractivity contribution in [2.75, 3.05) is 5.33 Å². The van der Waals surface area contributed by atoms with Crippen molar-refractivity contribution >= 4 is 21.7 Å². The smallest absolute Gasteiger partial charge is 0.175 e. The number of benzene rings is 1. The Balaban J connectivity index is 2.34. The van der Waals surface area contributed by atoms with Gasteiger partial charge in [0.1, 0.15) is 0 Å². The number of aromatic nitrogens is 1. The molecule has 0 fully saturated rings. The van der Waals surface area contributed by atoms with Gasteiger partial charge < -0.3 is 4.57 Å². The van der Waals surface area contributed by atoms with Crippen LogP contribution in [0.15, 0.2) is 36.4 Å². The van der Waals surface area contributed by atoms with E-state index >= 15 is 0 Å². The summed E-state index contributed by atoms with van der Waals surface area (Å²) in [5, 5.41) is 0.378. The number of Topliss-reactive ketones (excluding diaryl/α,β-unsaturated/α-hetero) is 1. The summed E-state index contributed by atoms with van der Waals surface area (Å²) in [6, 6.07) is 12.3. The molecule has 0 bridgehead atoms. The molecule has 0 aliphatic rings. The molecule has 0 saturated heterocycles. The minimum Gasteiger partial charge on any atom is -0.344 e. The van der Waals surface area contributed by atoms with E-state index in [-0.39, 0.29) is 5.78 Å². The molecule has 1 heterocycles. The molecule has 0 saturated carbocycles. The molecule has 2 nitrogen and oxygen atoms in total. The van der Waals surface area contributed by atoms with Crippen LogP contribution in [0.1, 0.15) is 27.3 Å². The van der Waals surface area contributed by atoms with E-state index < -0.39 is 0 Å². The number of carbonyl (C=O) groups excluding carboxylic acids is 1. The number of nitrogens with zero attached hydrogens (tertiary/aromatic N) is 1. The van der Waals surface area contributed by atoms with Gasteiger partial charge in [0.2, 0.25) is 0 Å². The molecule has 0 unspecified atom stereocenters. The highest BCUT2D eigenvalue weighted by molar-refractivity contribution is 9.09. The second-order valence-corrected chi connectivity index (χ2v) is 4.97. The number of carbonyl (C=O) groups is 1. The molecule has 18 heavy (non-hydrogen) atoms. The summed E-state index contributed by atoms with van der Waals surface area (Å²) in [5.74, 6) is 0.141. The SMILES string of the molecule is Cc1cc(C(=O)CBr)c(C)n1Cc1ccccc1. The maximum atomic E-state index is 11.8. The molecule has 94 valence electrons. The van der Waals surface area contributed by atoms with Crippen molar-refractivity contribution < 1.29 is 4.79 Å². The number of hydrogen-bond donors (Lipinski definition) is 0. The number of rotatable bonds is 4. The Labute approximate surface area is 116 Å². The number of aryl methyl sites for hydroxylation is 1. The molecule has 1 aromatic carbocycles. The Morgan fingerprint density at radius 1 is 1.22 bits per heavy atom. The van der Waals surface area contributed by atoms with Gasteiger partial charge in [-0.1, -0.05) is 46.3 Å². The predicted molar refractivity (Wildman–Crippen MR) is 77.6 cm³/mol. The fourth-order valence-corrected chi connectivity index (χ4v) is 2.47. The minimum atomic E-state index is 0.141. The Morgan fingerprint density at radius 2 is 1.89 bits per heavy atom. The van der Waals surface area contributed by atoms with Gasteiger partial charge in [0.15, 0.2) is 5.78 Å². The average Bonchev–Trinajstić information content (AvgIpc) is 2.67. The van der Waals surface area contributed by atoms with Gasteiger partial charge in [-0.25, -0.2) is 0 Å². The quantitative estimate of drug-likeness (QED) is 0.623. The third-order valence-electron chi connectivity index (χ3n) is 3.18. The van der Waals surface area contributed by atoms with Gasteiger partial charge in [0, 0.05) is 23.5 Å². The second-order valence-electron chi connectivity index (χ2n) is 4.41. The maximum Gasteiger partial charge on any atom is 0.175 e. The van der Waals surface area contributed by atoms with Crippen molar-refractivity contribution in [2.24, 2.45) is 0 Å². The lowest BCUT2D eigenvalue weighted by atomic mass is 10.2. The molecule has 0 aliphatic carbocycles. The Morgan fingerprint density at radius 3 is 2.50 bits per heavy atom. The molecule has 2 rings (SSSR count). The largest absolute Gasteiger partial charge is 0.344 e. The zero-order chi connectivity index (χ0) is 13.1. The summed E-state index contributed by atoms with van der Waals surface area (Å²) in [4.78, 5) is 11.8. The number of halogens is 1. The van der Waals surface area contributed by atoms with Crippen molar-refractivity contribution in [1.29, 1.82) is 0 Å². The molecule has 0 amide bonds. The van der Waals surface area contributed by atoms with Crippen LogP contribution in [0.25, 0.3) is 0 Å². The molecule has 0 radical (unpaired) electrons. The monoisotopic (exact) mass is 305 g/mol. The highest BCUT2D eigenvalue weighted by Crippen LogP contribution is 2.18. The lowest BCUT2D eigenvalue weighted by molar-refractivity contribution is 0.102. The molecule has 0 aliphatic heterocycles. The van der Waals surface area contributed by atoms with Crippen molar-refractivity contribution in [1.82, 2.24) is 4.57 Å². The summed E-state index contributed by atoms with van der Waals surface area (Å²) in [7, 11) is 0. The third kappa shape index (κ3) is 2.56. The van der Waals surface area contributed by atoms with Gasteiger partial charge in [0.25, 0.3) is 0 Å². The normalized spacial score (nSPS) is 10.6. The van der Waals surface area contributed by atoms with Gasteiger partial charge in [0.05, 0.1) is 5.33 Å². The zero-order valence-corrected chi connectivity index (χ0v) is 12.2. The van der Waals surface area contributed by atoms with E-state index in [0.717, 1.165) is 23.5 Å². The van der Waals surface area contributed by atoms with Crippen molar-refractivity contribution in [3.8, 4) is 0 Å². The minimum absolute atomic E-state index is 0.141. The van der Waals surface area contributed by atoms with Gasteiger partial charge in [-0.3, -0.25) is 4.79 Å². The molecule has 3 heteroatoms. The maximum absolute atomic E-state index is 11.8. The first-order valence-electron chi connectivity index (χ1n) is 5.93. The Kier molecular flexibility index (Phi) is 4.02. The molecule has 1 aromatic heterocycles. The van der Waals surface area contributed by atoms with E-state index in [0.29, 0.717) is 5.33 Å².